The number of aliphatic hydroxyl groups is 1. The highest BCUT2D eigenvalue weighted by molar-refractivity contribution is 5.61. The molecule has 0 aromatic carbocycles. The highest BCUT2D eigenvalue weighted by Crippen LogP contribution is 2.14. The molecule has 0 radical (unpaired) electrons. The molecule has 1 rings (SSSR count). The molecule has 0 aliphatic carbocycles. The van der Waals surface area contributed by atoms with E-state index in [4.69, 9.17) is 16.6 Å². The lowest BCUT2D eigenvalue weighted by Gasteiger charge is -2.08. The molecular formula is C10H18N4O. The van der Waals surface area contributed by atoms with E-state index in [1.165, 1.54) is 0 Å². The largest absolute Gasteiger partial charge is 0.396 e. The summed E-state index contributed by atoms with van der Waals surface area (Å²) >= 11 is 0. The predicted molar refractivity (Wildman–Crippen MR) is 62.5 cm³/mol. The molecule has 5 heteroatoms. The van der Waals surface area contributed by atoms with Gasteiger partial charge in [0.2, 0.25) is 0 Å². The Bertz CT molecular complexity index is 314. The van der Waals surface area contributed by atoms with Gasteiger partial charge in [-0.15, -0.1) is 0 Å². The van der Waals surface area contributed by atoms with Gasteiger partial charge in [-0.2, -0.15) is 0 Å². The summed E-state index contributed by atoms with van der Waals surface area (Å²) in [7, 11) is 0. The van der Waals surface area contributed by atoms with Crippen LogP contribution in [-0.2, 0) is 0 Å². The smallest absolute Gasteiger partial charge is 0.149 e. The van der Waals surface area contributed by atoms with Gasteiger partial charge < -0.3 is 21.9 Å². The Kier molecular flexibility index (Phi) is 4.17. The first-order chi connectivity index (χ1) is 7.09. The Hall–Kier alpha value is -1.49. The first kappa shape index (κ1) is 11.6. The molecule has 0 saturated carbocycles. The van der Waals surface area contributed by atoms with Crippen molar-refractivity contribution in [3.63, 3.8) is 0 Å². The maximum Gasteiger partial charge on any atom is 0.149 e. The van der Waals surface area contributed by atoms with Crippen LogP contribution in [0.25, 0.3) is 0 Å². The van der Waals surface area contributed by atoms with Crippen LogP contribution >= 0.6 is 0 Å². The van der Waals surface area contributed by atoms with Gasteiger partial charge in [-0.3, -0.25) is 0 Å². The monoisotopic (exact) mass is 210 g/mol. The van der Waals surface area contributed by atoms with Crippen LogP contribution in [0.15, 0.2) is 12.1 Å². The molecule has 1 aromatic rings. The molecule has 84 valence electrons. The standard InChI is InChI=1S/C10H18N4O/c1-7(15)3-2-6-13-9-5-4-8(11)10(12)14-9/h4-5,7,15H,2-3,6,11H2,1H3,(H3,12,13,14). The van der Waals surface area contributed by atoms with Crippen molar-refractivity contribution < 1.29 is 5.11 Å². The zero-order valence-electron chi connectivity index (χ0n) is 8.90. The maximum atomic E-state index is 9.05. The number of hydrogen-bond donors (Lipinski definition) is 4. The van der Waals surface area contributed by atoms with Gasteiger partial charge in [0.05, 0.1) is 11.8 Å². The minimum absolute atomic E-state index is 0.253. The molecule has 1 atom stereocenters. The number of aliphatic hydroxyl groups excluding tert-OH is 1. The predicted octanol–water partition coefficient (Wildman–Crippen LogP) is 0.819. The molecule has 5 nitrogen and oxygen atoms in total. The summed E-state index contributed by atoms with van der Waals surface area (Å²) in [6, 6.07) is 3.51. The molecule has 1 unspecified atom stereocenters. The molecule has 1 heterocycles. The fraction of sp³-hybridized carbons (Fsp3) is 0.500. The van der Waals surface area contributed by atoms with E-state index in [1.807, 2.05) is 0 Å². The molecule has 0 bridgehead atoms. The van der Waals surface area contributed by atoms with E-state index in [0.717, 1.165) is 19.4 Å². The van der Waals surface area contributed by atoms with Crippen LogP contribution in [0.1, 0.15) is 19.8 Å². The quantitative estimate of drug-likeness (QED) is 0.539. The highest BCUT2D eigenvalue weighted by Gasteiger charge is 1.99. The normalized spacial score (nSPS) is 12.4. The second-order valence-electron chi connectivity index (χ2n) is 3.59. The van der Waals surface area contributed by atoms with Gasteiger partial charge in [0, 0.05) is 6.54 Å². The minimum Gasteiger partial charge on any atom is -0.396 e. The van der Waals surface area contributed by atoms with E-state index in [0.29, 0.717) is 17.3 Å². The molecular weight excluding hydrogens is 192 g/mol. The van der Waals surface area contributed by atoms with E-state index in [-0.39, 0.29) is 6.10 Å². The number of nitrogens with zero attached hydrogens (tertiary/aromatic N) is 1. The molecule has 0 fully saturated rings. The fourth-order valence-electron chi connectivity index (χ4n) is 1.20. The van der Waals surface area contributed by atoms with Crippen molar-refractivity contribution >= 4 is 17.3 Å². The zero-order valence-corrected chi connectivity index (χ0v) is 8.90. The van der Waals surface area contributed by atoms with Crippen LogP contribution in [0.4, 0.5) is 17.3 Å². The van der Waals surface area contributed by atoms with Crippen molar-refractivity contribution in [2.45, 2.75) is 25.9 Å². The number of hydrogen-bond acceptors (Lipinski definition) is 5. The Morgan fingerprint density at radius 3 is 2.80 bits per heavy atom. The van der Waals surface area contributed by atoms with E-state index in [2.05, 4.69) is 10.3 Å². The van der Waals surface area contributed by atoms with Crippen LogP contribution in [0, 0.1) is 0 Å². The van der Waals surface area contributed by atoms with Gasteiger partial charge in [-0.1, -0.05) is 0 Å². The van der Waals surface area contributed by atoms with Gasteiger partial charge in [0.1, 0.15) is 11.6 Å². The van der Waals surface area contributed by atoms with Crippen LogP contribution in [0.2, 0.25) is 0 Å². The number of rotatable bonds is 5. The topological polar surface area (TPSA) is 97.2 Å². The Morgan fingerprint density at radius 1 is 1.47 bits per heavy atom. The lowest BCUT2D eigenvalue weighted by Crippen LogP contribution is -2.08. The van der Waals surface area contributed by atoms with Gasteiger partial charge in [-0.05, 0) is 31.9 Å². The summed E-state index contributed by atoms with van der Waals surface area (Å²) in [6.07, 6.45) is 1.41. The number of pyridine rings is 1. The van der Waals surface area contributed by atoms with E-state index >= 15 is 0 Å². The number of nitrogens with two attached hydrogens (primary N) is 2. The summed E-state index contributed by atoms with van der Waals surface area (Å²) in [5.74, 6) is 1.06. The average molecular weight is 210 g/mol. The summed E-state index contributed by atoms with van der Waals surface area (Å²) in [5, 5.41) is 12.2. The van der Waals surface area contributed by atoms with E-state index < -0.39 is 0 Å². The summed E-state index contributed by atoms with van der Waals surface area (Å²) < 4.78 is 0. The van der Waals surface area contributed by atoms with Crippen LogP contribution < -0.4 is 16.8 Å². The lowest BCUT2D eigenvalue weighted by atomic mass is 10.2. The number of anilines is 3. The first-order valence-electron chi connectivity index (χ1n) is 5.03. The van der Waals surface area contributed by atoms with Crippen molar-refractivity contribution in [3.05, 3.63) is 12.1 Å². The fourth-order valence-corrected chi connectivity index (χ4v) is 1.20. The van der Waals surface area contributed by atoms with Crippen LogP contribution in [0.3, 0.4) is 0 Å². The van der Waals surface area contributed by atoms with Crippen molar-refractivity contribution in [2.24, 2.45) is 0 Å². The SMILES string of the molecule is CC(O)CCCNc1ccc(N)c(N)n1. The molecule has 0 aliphatic heterocycles. The third kappa shape index (κ3) is 4.03. The van der Waals surface area contributed by atoms with E-state index in [9.17, 15) is 0 Å². The summed E-state index contributed by atoms with van der Waals surface area (Å²) in [5.41, 5.74) is 11.6. The van der Waals surface area contributed by atoms with Crippen molar-refractivity contribution in [3.8, 4) is 0 Å². The molecule has 0 spiro atoms. The average Bonchev–Trinajstić information content (AvgIpc) is 2.18. The van der Waals surface area contributed by atoms with Crippen LogP contribution in [0.5, 0.6) is 0 Å². The third-order valence-electron chi connectivity index (χ3n) is 2.06. The first-order valence-corrected chi connectivity index (χ1v) is 5.03. The van der Waals surface area contributed by atoms with E-state index in [1.54, 1.807) is 19.1 Å². The number of nitrogen functional groups attached to an aromatic ring is 2. The second-order valence-corrected chi connectivity index (χ2v) is 3.59. The van der Waals surface area contributed by atoms with Gasteiger partial charge >= 0.3 is 0 Å². The number of aromatic nitrogens is 1. The minimum atomic E-state index is -0.253. The van der Waals surface area contributed by atoms with Crippen molar-refractivity contribution in [2.75, 3.05) is 23.3 Å². The molecule has 0 amide bonds. The molecule has 1 aromatic heterocycles. The Labute approximate surface area is 89.5 Å². The second kappa shape index (κ2) is 5.41. The Balaban J connectivity index is 2.35. The summed E-state index contributed by atoms with van der Waals surface area (Å²) in [4.78, 5) is 4.07. The van der Waals surface area contributed by atoms with Crippen LogP contribution in [-0.4, -0.2) is 22.7 Å². The van der Waals surface area contributed by atoms with Gasteiger partial charge in [0.25, 0.3) is 0 Å². The Morgan fingerprint density at radius 2 is 2.20 bits per heavy atom. The van der Waals surface area contributed by atoms with Crippen molar-refractivity contribution in [1.29, 1.82) is 0 Å². The van der Waals surface area contributed by atoms with Gasteiger partial charge in [0.15, 0.2) is 0 Å². The van der Waals surface area contributed by atoms with Gasteiger partial charge in [-0.25, -0.2) is 4.98 Å². The van der Waals surface area contributed by atoms with Crippen molar-refractivity contribution in [1.82, 2.24) is 4.98 Å². The summed E-state index contributed by atoms with van der Waals surface area (Å²) in [6.45, 7) is 2.54. The number of nitrogens with one attached hydrogen (secondary N) is 1. The molecule has 0 aliphatic rings. The third-order valence-corrected chi connectivity index (χ3v) is 2.06. The molecule has 6 N–H and O–H groups in total. The molecule has 0 saturated heterocycles. The highest BCUT2D eigenvalue weighted by atomic mass is 16.3. The lowest BCUT2D eigenvalue weighted by molar-refractivity contribution is 0.183. The maximum absolute atomic E-state index is 9.05. The molecule has 15 heavy (non-hydrogen) atoms. The zero-order chi connectivity index (χ0) is 11.3.